The Labute approximate surface area is 113 Å². The van der Waals surface area contributed by atoms with Crippen LogP contribution in [0.1, 0.15) is 30.1 Å². The molecule has 1 amide bonds. The Kier molecular flexibility index (Phi) is 6.06. The molecule has 0 saturated heterocycles. The van der Waals surface area contributed by atoms with E-state index >= 15 is 0 Å². The maximum absolute atomic E-state index is 11.7. The number of alkyl halides is 1. The van der Waals surface area contributed by atoms with Crippen LogP contribution in [0.15, 0.2) is 28.7 Å². The number of rotatable bonds is 5. The third-order valence-electron chi connectivity index (χ3n) is 2.17. The van der Waals surface area contributed by atoms with Gasteiger partial charge in [0.25, 0.3) is 5.91 Å². The topological polar surface area (TPSA) is 29.1 Å². The van der Waals surface area contributed by atoms with E-state index in [0.29, 0.717) is 10.4 Å². The van der Waals surface area contributed by atoms with E-state index in [9.17, 15) is 4.79 Å². The molecule has 0 aliphatic heterocycles. The van der Waals surface area contributed by atoms with Crippen molar-refractivity contribution in [1.82, 2.24) is 5.32 Å². The third-order valence-corrected chi connectivity index (χ3v) is 3.16. The van der Waals surface area contributed by atoms with Gasteiger partial charge in [0.2, 0.25) is 0 Å². The van der Waals surface area contributed by atoms with Crippen molar-refractivity contribution in [2.45, 2.75) is 24.6 Å². The number of carbonyl (C=O) groups excluding carboxylic acids is 1. The molecule has 0 aliphatic rings. The lowest BCUT2D eigenvalue weighted by Crippen LogP contribution is -2.24. The third kappa shape index (κ3) is 5.12. The maximum atomic E-state index is 11.7. The van der Waals surface area contributed by atoms with Crippen molar-refractivity contribution < 1.29 is 4.79 Å². The molecule has 16 heavy (non-hydrogen) atoms. The molecule has 0 bridgehead atoms. The lowest BCUT2D eigenvalue weighted by Gasteiger charge is -2.06. The van der Waals surface area contributed by atoms with Gasteiger partial charge in [-0.05, 0) is 37.1 Å². The molecule has 0 aromatic heterocycles. The highest BCUT2D eigenvalue weighted by atomic mass is 79.9. The Morgan fingerprint density at radius 3 is 2.56 bits per heavy atom. The zero-order valence-corrected chi connectivity index (χ0v) is 12.3. The number of amides is 1. The van der Waals surface area contributed by atoms with E-state index in [1.807, 2.05) is 24.3 Å². The maximum Gasteiger partial charge on any atom is 0.251 e. The average molecular weight is 349 g/mol. The van der Waals surface area contributed by atoms with Gasteiger partial charge in [-0.15, -0.1) is 0 Å². The van der Waals surface area contributed by atoms with Gasteiger partial charge in [-0.25, -0.2) is 0 Å². The van der Waals surface area contributed by atoms with Crippen LogP contribution >= 0.6 is 31.9 Å². The summed E-state index contributed by atoms with van der Waals surface area (Å²) in [6.07, 6.45) is 2.06. The number of nitrogens with one attached hydrogen (secondary N) is 1. The summed E-state index contributed by atoms with van der Waals surface area (Å²) in [4.78, 5) is 12.2. The zero-order valence-electron chi connectivity index (χ0n) is 9.17. The highest BCUT2D eigenvalue weighted by molar-refractivity contribution is 9.10. The molecular weight excluding hydrogens is 334 g/mol. The lowest BCUT2D eigenvalue weighted by atomic mass is 10.2. The van der Waals surface area contributed by atoms with Crippen molar-refractivity contribution in [1.29, 1.82) is 0 Å². The second kappa shape index (κ2) is 7.07. The molecule has 0 aliphatic carbocycles. The van der Waals surface area contributed by atoms with Gasteiger partial charge in [-0.1, -0.05) is 38.8 Å². The molecule has 1 aromatic carbocycles. The monoisotopic (exact) mass is 347 g/mol. The average Bonchev–Trinajstić information content (AvgIpc) is 2.25. The van der Waals surface area contributed by atoms with Gasteiger partial charge in [-0.2, -0.15) is 0 Å². The van der Waals surface area contributed by atoms with Crippen molar-refractivity contribution in [3.05, 3.63) is 34.3 Å². The first-order chi connectivity index (χ1) is 7.59. The minimum atomic E-state index is -0.00488. The summed E-state index contributed by atoms with van der Waals surface area (Å²) >= 11 is 6.81. The Bertz CT molecular complexity index is 335. The van der Waals surface area contributed by atoms with E-state index in [-0.39, 0.29) is 5.91 Å². The SMILES string of the molecule is CC(Br)CCCNC(=O)c1ccc(Br)cc1. The molecular formula is C12H15Br2NO. The largest absolute Gasteiger partial charge is 0.352 e. The van der Waals surface area contributed by atoms with E-state index in [1.54, 1.807) is 0 Å². The van der Waals surface area contributed by atoms with Gasteiger partial charge in [0, 0.05) is 21.4 Å². The van der Waals surface area contributed by atoms with Gasteiger partial charge in [-0.3, -0.25) is 4.79 Å². The number of hydrogen-bond acceptors (Lipinski definition) is 1. The molecule has 0 heterocycles. The Hall–Kier alpha value is -0.350. The molecule has 2 nitrogen and oxygen atoms in total. The van der Waals surface area contributed by atoms with Crippen LogP contribution in [0.2, 0.25) is 0 Å². The first kappa shape index (κ1) is 13.7. The zero-order chi connectivity index (χ0) is 12.0. The fourth-order valence-electron chi connectivity index (χ4n) is 1.29. The molecule has 1 atom stereocenters. The van der Waals surface area contributed by atoms with Crippen molar-refractivity contribution in [3.8, 4) is 0 Å². The molecule has 0 fully saturated rings. The molecule has 0 saturated carbocycles. The second-order valence-corrected chi connectivity index (χ2v) is 6.16. The molecule has 1 rings (SSSR count). The number of benzene rings is 1. The minimum Gasteiger partial charge on any atom is -0.352 e. The van der Waals surface area contributed by atoms with Gasteiger partial charge in [0.1, 0.15) is 0 Å². The van der Waals surface area contributed by atoms with E-state index in [4.69, 9.17) is 0 Å². The van der Waals surface area contributed by atoms with Crippen LogP contribution in [-0.4, -0.2) is 17.3 Å². The summed E-state index contributed by atoms with van der Waals surface area (Å²) in [5.74, 6) is -0.00488. The van der Waals surface area contributed by atoms with Gasteiger partial charge >= 0.3 is 0 Å². The van der Waals surface area contributed by atoms with E-state index in [1.165, 1.54) is 0 Å². The van der Waals surface area contributed by atoms with Gasteiger partial charge in [0.05, 0.1) is 0 Å². The van der Waals surface area contributed by atoms with Gasteiger partial charge in [0.15, 0.2) is 0 Å². The first-order valence-electron chi connectivity index (χ1n) is 5.27. The van der Waals surface area contributed by atoms with Crippen molar-refractivity contribution in [3.63, 3.8) is 0 Å². The smallest absolute Gasteiger partial charge is 0.251 e. The number of halogens is 2. The van der Waals surface area contributed by atoms with Crippen molar-refractivity contribution in [2.75, 3.05) is 6.54 Å². The second-order valence-electron chi connectivity index (χ2n) is 3.69. The predicted molar refractivity (Wildman–Crippen MR) is 74.1 cm³/mol. The highest BCUT2D eigenvalue weighted by Gasteiger charge is 2.04. The minimum absolute atomic E-state index is 0.00488. The summed E-state index contributed by atoms with van der Waals surface area (Å²) in [7, 11) is 0. The summed E-state index contributed by atoms with van der Waals surface area (Å²) in [5.41, 5.74) is 0.704. The summed E-state index contributed by atoms with van der Waals surface area (Å²) < 4.78 is 0.983. The molecule has 0 radical (unpaired) electrons. The van der Waals surface area contributed by atoms with Crippen molar-refractivity contribution >= 4 is 37.8 Å². The Balaban J connectivity index is 2.32. The van der Waals surface area contributed by atoms with Crippen LogP contribution < -0.4 is 5.32 Å². The van der Waals surface area contributed by atoms with E-state index in [2.05, 4.69) is 44.1 Å². The standard InChI is InChI=1S/C12H15Br2NO/c1-9(13)3-2-8-15-12(16)10-4-6-11(14)7-5-10/h4-7,9H,2-3,8H2,1H3,(H,15,16). The molecule has 4 heteroatoms. The summed E-state index contributed by atoms with van der Waals surface area (Å²) in [5, 5.41) is 2.90. The summed E-state index contributed by atoms with van der Waals surface area (Å²) in [6.45, 7) is 2.83. The van der Waals surface area contributed by atoms with Crippen LogP contribution in [0, 0.1) is 0 Å². The Morgan fingerprint density at radius 2 is 2.00 bits per heavy atom. The van der Waals surface area contributed by atoms with Crippen LogP contribution in [0.3, 0.4) is 0 Å². The fourth-order valence-corrected chi connectivity index (χ4v) is 1.88. The predicted octanol–water partition coefficient (Wildman–Crippen LogP) is 3.74. The molecule has 1 unspecified atom stereocenters. The van der Waals surface area contributed by atoms with Crippen LogP contribution in [0.25, 0.3) is 0 Å². The van der Waals surface area contributed by atoms with E-state index < -0.39 is 0 Å². The first-order valence-corrected chi connectivity index (χ1v) is 6.98. The van der Waals surface area contributed by atoms with Crippen LogP contribution in [0.5, 0.6) is 0 Å². The lowest BCUT2D eigenvalue weighted by molar-refractivity contribution is 0.0953. The van der Waals surface area contributed by atoms with Crippen molar-refractivity contribution in [2.24, 2.45) is 0 Å². The molecule has 0 spiro atoms. The van der Waals surface area contributed by atoms with E-state index in [0.717, 1.165) is 23.9 Å². The highest BCUT2D eigenvalue weighted by Crippen LogP contribution is 2.10. The molecule has 88 valence electrons. The van der Waals surface area contributed by atoms with Crippen LogP contribution in [-0.2, 0) is 0 Å². The van der Waals surface area contributed by atoms with Crippen LogP contribution in [0.4, 0.5) is 0 Å². The fraction of sp³-hybridized carbons (Fsp3) is 0.417. The molecule has 1 N–H and O–H groups in total. The summed E-state index contributed by atoms with van der Waals surface area (Å²) in [6, 6.07) is 7.37. The van der Waals surface area contributed by atoms with Gasteiger partial charge < -0.3 is 5.32 Å². The number of hydrogen-bond donors (Lipinski definition) is 1. The number of carbonyl (C=O) groups is 1. The Morgan fingerprint density at radius 1 is 1.38 bits per heavy atom. The quantitative estimate of drug-likeness (QED) is 0.637. The molecule has 1 aromatic rings. The normalized spacial score (nSPS) is 12.2.